The molecule has 0 unspecified atom stereocenters. The minimum atomic E-state index is -0.609. The third-order valence-corrected chi connectivity index (χ3v) is 3.34. The highest BCUT2D eigenvalue weighted by Crippen LogP contribution is 2.19. The molecule has 0 aliphatic carbocycles. The largest absolute Gasteiger partial charge is 0.383 e. The summed E-state index contributed by atoms with van der Waals surface area (Å²) < 4.78 is 0. The lowest BCUT2D eigenvalue weighted by Gasteiger charge is -2.28. The van der Waals surface area contributed by atoms with Gasteiger partial charge in [0.2, 0.25) is 0 Å². The highest BCUT2D eigenvalue weighted by molar-refractivity contribution is 5.99. The third-order valence-electron chi connectivity index (χ3n) is 3.34. The van der Waals surface area contributed by atoms with Gasteiger partial charge in [0.15, 0.2) is 0 Å². The zero-order valence-electron chi connectivity index (χ0n) is 11.3. The van der Waals surface area contributed by atoms with E-state index in [1.165, 1.54) is 0 Å². The monoisotopic (exact) mass is 266 g/mol. The van der Waals surface area contributed by atoms with Crippen molar-refractivity contribution >= 4 is 17.4 Å². The highest BCUT2D eigenvalue weighted by atomic mass is 16.6. The van der Waals surface area contributed by atoms with Gasteiger partial charge in [-0.2, -0.15) is 0 Å². The Kier molecular flexibility index (Phi) is 4.42. The molecule has 3 N–H and O–H groups in total. The standard InChI is InChI=1S/C12H18N4O3/c1-4-12(3,5-2)15-11(17)9-6-8(16(18)19)7-14-10(9)13/h6-7H,4-5H2,1-3H3,(H2,13,14)(H,15,17). The first-order valence-electron chi connectivity index (χ1n) is 6.05. The molecule has 0 atom stereocenters. The average molecular weight is 266 g/mol. The Morgan fingerprint density at radius 1 is 1.53 bits per heavy atom. The smallest absolute Gasteiger partial charge is 0.288 e. The molecular formula is C12H18N4O3. The number of nitrogens with zero attached hydrogens (tertiary/aromatic N) is 2. The number of nitrogens with one attached hydrogen (secondary N) is 1. The number of rotatable bonds is 5. The van der Waals surface area contributed by atoms with Crippen molar-refractivity contribution < 1.29 is 9.72 Å². The van der Waals surface area contributed by atoms with Gasteiger partial charge in [0.05, 0.1) is 10.5 Å². The first-order valence-corrected chi connectivity index (χ1v) is 6.05. The second kappa shape index (κ2) is 5.64. The summed E-state index contributed by atoms with van der Waals surface area (Å²) in [5.74, 6) is -0.461. The van der Waals surface area contributed by atoms with Gasteiger partial charge < -0.3 is 11.1 Å². The number of carbonyl (C=O) groups excluding carboxylic acids is 1. The van der Waals surface area contributed by atoms with Crippen LogP contribution < -0.4 is 11.1 Å². The Morgan fingerprint density at radius 2 is 2.11 bits per heavy atom. The van der Waals surface area contributed by atoms with Gasteiger partial charge in [-0.05, 0) is 19.8 Å². The molecule has 0 radical (unpaired) electrons. The van der Waals surface area contributed by atoms with Crippen LogP contribution in [-0.4, -0.2) is 21.4 Å². The molecule has 0 spiro atoms. The SMILES string of the molecule is CCC(C)(CC)NC(=O)c1cc([N+](=O)[O-])cnc1N. The van der Waals surface area contributed by atoms with E-state index in [2.05, 4.69) is 10.3 Å². The Balaban J connectivity index is 3.06. The van der Waals surface area contributed by atoms with Crippen molar-refractivity contribution in [1.82, 2.24) is 10.3 Å². The van der Waals surface area contributed by atoms with Gasteiger partial charge in [0, 0.05) is 11.6 Å². The molecular weight excluding hydrogens is 248 g/mol. The Morgan fingerprint density at radius 3 is 2.58 bits per heavy atom. The van der Waals surface area contributed by atoms with Crippen LogP contribution in [0.4, 0.5) is 11.5 Å². The van der Waals surface area contributed by atoms with Gasteiger partial charge in [-0.1, -0.05) is 13.8 Å². The minimum absolute atomic E-state index is 0.0161. The van der Waals surface area contributed by atoms with Crippen molar-refractivity contribution in [2.24, 2.45) is 0 Å². The van der Waals surface area contributed by atoms with Crippen molar-refractivity contribution in [3.63, 3.8) is 0 Å². The molecule has 7 heteroatoms. The summed E-state index contributed by atoms with van der Waals surface area (Å²) in [4.78, 5) is 25.9. The van der Waals surface area contributed by atoms with Gasteiger partial charge in [-0.25, -0.2) is 4.98 Å². The van der Waals surface area contributed by atoms with E-state index in [-0.39, 0.29) is 22.6 Å². The van der Waals surface area contributed by atoms with Gasteiger partial charge >= 0.3 is 0 Å². The molecule has 0 aromatic carbocycles. The van der Waals surface area contributed by atoms with Crippen LogP contribution in [0.5, 0.6) is 0 Å². The van der Waals surface area contributed by atoms with Crippen molar-refractivity contribution in [3.05, 3.63) is 27.9 Å². The molecule has 1 aromatic rings. The van der Waals surface area contributed by atoms with Gasteiger partial charge in [0.1, 0.15) is 12.0 Å². The maximum atomic E-state index is 12.1. The number of carbonyl (C=O) groups is 1. The first-order chi connectivity index (χ1) is 8.83. The van der Waals surface area contributed by atoms with E-state index in [4.69, 9.17) is 5.73 Å². The van der Waals surface area contributed by atoms with Crippen molar-refractivity contribution in [1.29, 1.82) is 0 Å². The number of nitrogen functional groups attached to an aromatic ring is 1. The van der Waals surface area contributed by atoms with Crippen LogP contribution in [0.15, 0.2) is 12.3 Å². The maximum absolute atomic E-state index is 12.1. The molecule has 0 saturated heterocycles. The number of anilines is 1. The zero-order valence-corrected chi connectivity index (χ0v) is 11.3. The molecule has 0 fully saturated rings. The first kappa shape index (κ1) is 14.9. The van der Waals surface area contributed by atoms with Crippen molar-refractivity contribution in [2.45, 2.75) is 39.2 Å². The predicted molar refractivity (Wildman–Crippen MR) is 71.8 cm³/mol. The summed E-state index contributed by atoms with van der Waals surface area (Å²) in [6.07, 6.45) is 2.53. The Hall–Kier alpha value is -2.18. The molecule has 1 aromatic heterocycles. The molecule has 19 heavy (non-hydrogen) atoms. The van der Waals surface area contributed by atoms with E-state index in [1.54, 1.807) is 0 Å². The molecule has 0 saturated carbocycles. The zero-order chi connectivity index (χ0) is 14.6. The lowest BCUT2D eigenvalue weighted by atomic mass is 9.95. The number of nitro groups is 1. The molecule has 104 valence electrons. The van der Waals surface area contributed by atoms with E-state index < -0.39 is 10.8 Å². The topological polar surface area (TPSA) is 111 Å². The van der Waals surface area contributed by atoms with E-state index in [0.29, 0.717) is 0 Å². The summed E-state index contributed by atoms with van der Waals surface area (Å²) in [7, 11) is 0. The van der Waals surface area contributed by atoms with Crippen LogP contribution in [-0.2, 0) is 0 Å². The average Bonchev–Trinajstić information content (AvgIpc) is 2.38. The molecule has 1 rings (SSSR count). The summed E-state index contributed by atoms with van der Waals surface area (Å²) in [5, 5.41) is 13.5. The second-order valence-corrected chi connectivity index (χ2v) is 4.61. The molecule has 1 heterocycles. The minimum Gasteiger partial charge on any atom is -0.383 e. The normalized spacial score (nSPS) is 11.1. The quantitative estimate of drug-likeness (QED) is 0.624. The number of aromatic nitrogens is 1. The van der Waals surface area contributed by atoms with Gasteiger partial charge in [-0.15, -0.1) is 0 Å². The number of hydrogen-bond donors (Lipinski definition) is 2. The third kappa shape index (κ3) is 3.40. The van der Waals surface area contributed by atoms with Crippen LogP contribution in [0.25, 0.3) is 0 Å². The molecule has 7 nitrogen and oxygen atoms in total. The fraction of sp³-hybridized carbons (Fsp3) is 0.500. The molecule has 0 aliphatic heterocycles. The fourth-order valence-electron chi connectivity index (χ4n) is 1.51. The van der Waals surface area contributed by atoms with Crippen LogP contribution in [0, 0.1) is 10.1 Å². The molecule has 1 amide bonds. The Labute approximate surface area is 111 Å². The Bertz CT molecular complexity index is 498. The molecule has 0 bridgehead atoms. The number of nitrogens with two attached hydrogens (primary N) is 1. The fourth-order valence-corrected chi connectivity index (χ4v) is 1.51. The molecule has 0 aliphatic rings. The van der Waals surface area contributed by atoms with Crippen LogP contribution in [0.3, 0.4) is 0 Å². The van der Waals surface area contributed by atoms with E-state index in [0.717, 1.165) is 25.1 Å². The number of hydrogen-bond acceptors (Lipinski definition) is 5. The van der Waals surface area contributed by atoms with Crippen LogP contribution >= 0.6 is 0 Å². The number of amides is 1. The predicted octanol–water partition coefficient (Wildman–Crippen LogP) is 1.88. The van der Waals surface area contributed by atoms with Crippen LogP contribution in [0.2, 0.25) is 0 Å². The van der Waals surface area contributed by atoms with E-state index in [1.807, 2.05) is 20.8 Å². The van der Waals surface area contributed by atoms with E-state index >= 15 is 0 Å². The second-order valence-electron chi connectivity index (χ2n) is 4.61. The van der Waals surface area contributed by atoms with Crippen molar-refractivity contribution in [3.8, 4) is 0 Å². The van der Waals surface area contributed by atoms with Crippen LogP contribution in [0.1, 0.15) is 44.0 Å². The highest BCUT2D eigenvalue weighted by Gasteiger charge is 2.25. The van der Waals surface area contributed by atoms with Gasteiger partial charge in [0.25, 0.3) is 11.6 Å². The summed E-state index contributed by atoms with van der Waals surface area (Å²) in [6.45, 7) is 5.82. The van der Waals surface area contributed by atoms with Crippen molar-refractivity contribution in [2.75, 3.05) is 5.73 Å². The lowest BCUT2D eigenvalue weighted by molar-refractivity contribution is -0.385. The summed E-state index contributed by atoms with van der Waals surface area (Å²) >= 11 is 0. The summed E-state index contributed by atoms with van der Waals surface area (Å²) in [6, 6.07) is 1.14. The van der Waals surface area contributed by atoms with Gasteiger partial charge in [-0.3, -0.25) is 14.9 Å². The number of pyridine rings is 1. The summed E-state index contributed by atoms with van der Waals surface area (Å²) in [5.41, 5.74) is 5.01. The maximum Gasteiger partial charge on any atom is 0.288 e. The lowest BCUT2D eigenvalue weighted by Crippen LogP contribution is -2.45. The van der Waals surface area contributed by atoms with E-state index in [9.17, 15) is 14.9 Å².